The first-order chi connectivity index (χ1) is 4.41. The second-order valence-corrected chi connectivity index (χ2v) is 1.07. The summed E-state index contributed by atoms with van der Waals surface area (Å²) in [6.07, 6.45) is 6.92. The first-order valence-corrected chi connectivity index (χ1v) is 3.29. The molecule has 0 aliphatic carbocycles. The SMILES string of the molecule is C/C=C\O/C=C\C.CC. The van der Waals surface area contributed by atoms with Gasteiger partial charge in [0.15, 0.2) is 0 Å². The van der Waals surface area contributed by atoms with Crippen molar-refractivity contribution in [2.24, 2.45) is 0 Å². The van der Waals surface area contributed by atoms with E-state index in [1.165, 1.54) is 0 Å². The van der Waals surface area contributed by atoms with Crippen molar-refractivity contribution in [3.63, 3.8) is 0 Å². The van der Waals surface area contributed by atoms with Gasteiger partial charge in [-0.25, -0.2) is 0 Å². The van der Waals surface area contributed by atoms with Gasteiger partial charge in [0.05, 0.1) is 12.5 Å². The Hall–Kier alpha value is -0.720. The molecule has 0 aromatic heterocycles. The van der Waals surface area contributed by atoms with Crippen LogP contribution < -0.4 is 0 Å². The van der Waals surface area contributed by atoms with E-state index in [4.69, 9.17) is 4.74 Å². The zero-order valence-electron chi connectivity index (χ0n) is 6.72. The Kier molecular flexibility index (Phi) is 19.4. The molecule has 1 nitrogen and oxygen atoms in total. The summed E-state index contributed by atoms with van der Waals surface area (Å²) < 4.78 is 4.77. The highest BCUT2D eigenvalue weighted by atomic mass is 16.5. The van der Waals surface area contributed by atoms with Crippen LogP contribution in [-0.2, 0) is 4.74 Å². The average Bonchev–Trinajstić information content (AvgIpc) is 1.94. The van der Waals surface area contributed by atoms with Gasteiger partial charge in [0.2, 0.25) is 0 Å². The summed E-state index contributed by atoms with van der Waals surface area (Å²) >= 11 is 0. The standard InChI is InChI=1S/C6H10O.C2H6/c1-3-5-7-6-4-2;1-2/h3-6H,1-2H3;1-2H3/b5-3-,6-4-;. The number of ether oxygens (including phenoxy) is 1. The van der Waals surface area contributed by atoms with E-state index < -0.39 is 0 Å². The monoisotopic (exact) mass is 128 g/mol. The third-order valence-electron chi connectivity index (χ3n) is 0.429. The molecule has 0 saturated carbocycles. The highest BCUT2D eigenvalue weighted by Crippen LogP contribution is 1.76. The molecule has 0 unspecified atom stereocenters. The molecule has 0 fully saturated rings. The fraction of sp³-hybridized carbons (Fsp3) is 0.500. The van der Waals surface area contributed by atoms with Crippen LogP contribution in [0.5, 0.6) is 0 Å². The van der Waals surface area contributed by atoms with Gasteiger partial charge in [0, 0.05) is 0 Å². The van der Waals surface area contributed by atoms with Gasteiger partial charge in [-0.05, 0) is 13.8 Å². The van der Waals surface area contributed by atoms with Crippen molar-refractivity contribution in [2.45, 2.75) is 27.7 Å². The minimum atomic E-state index is 1.62. The lowest BCUT2D eigenvalue weighted by atomic mass is 10.7. The molecule has 0 atom stereocenters. The Bertz CT molecular complexity index is 62.6. The van der Waals surface area contributed by atoms with Crippen LogP contribution in [0.25, 0.3) is 0 Å². The number of hydrogen-bond donors (Lipinski definition) is 0. The first kappa shape index (κ1) is 11.1. The fourth-order valence-corrected chi connectivity index (χ4v) is 0.202. The number of allylic oxidation sites excluding steroid dienone is 2. The van der Waals surface area contributed by atoms with E-state index in [9.17, 15) is 0 Å². The van der Waals surface area contributed by atoms with E-state index in [-0.39, 0.29) is 0 Å². The van der Waals surface area contributed by atoms with E-state index in [2.05, 4.69) is 0 Å². The lowest BCUT2D eigenvalue weighted by Crippen LogP contribution is -1.59. The summed E-state index contributed by atoms with van der Waals surface area (Å²) in [5.41, 5.74) is 0. The Morgan fingerprint density at radius 3 is 1.44 bits per heavy atom. The molecule has 0 aromatic rings. The molecule has 0 amide bonds. The molecule has 0 N–H and O–H groups in total. The molecule has 0 rings (SSSR count). The molecule has 0 aliphatic rings. The van der Waals surface area contributed by atoms with Crippen molar-refractivity contribution in [3.8, 4) is 0 Å². The van der Waals surface area contributed by atoms with Crippen molar-refractivity contribution in [1.82, 2.24) is 0 Å². The van der Waals surface area contributed by atoms with Gasteiger partial charge < -0.3 is 4.74 Å². The van der Waals surface area contributed by atoms with Crippen LogP contribution in [0.4, 0.5) is 0 Å². The Morgan fingerprint density at radius 1 is 0.889 bits per heavy atom. The summed E-state index contributed by atoms with van der Waals surface area (Å²) in [7, 11) is 0. The Labute approximate surface area is 58.0 Å². The second-order valence-electron chi connectivity index (χ2n) is 1.07. The lowest BCUT2D eigenvalue weighted by Gasteiger charge is -1.82. The Morgan fingerprint density at radius 2 is 1.22 bits per heavy atom. The number of hydrogen-bond acceptors (Lipinski definition) is 1. The highest BCUT2D eigenvalue weighted by Gasteiger charge is 1.57. The van der Waals surface area contributed by atoms with Gasteiger partial charge in [-0.1, -0.05) is 26.0 Å². The zero-order valence-corrected chi connectivity index (χ0v) is 6.72. The molecule has 9 heavy (non-hydrogen) atoms. The first-order valence-electron chi connectivity index (χ1n) is 3.29. The molecule has 0 radical (unpaired) electrons. The van der Waals surface area contributed by atoms with Gasteiger partial charge in [-0.3, -0.25) is 0 Å². The van der Waals surface area contributed by atoms with Crippen LogP contribution in [0.2, 0.25) is 0 Å². The van der Waals surface area contributed by atoms with Crippen molar-refractivity contribution < 1.29 is 4.74 Å². The molecule has 0 bridgehead atoms. The average molecular weight is 128 g/mol. The van der Waals surface area contributed by atoms with Gasteiger partial charge in [0.25, 0.3) is 0 Å². The maximum absolute atomic E-state index is 4.77. The van der Waals surface area contributed by atoms with E-state index in [1.54, 1.807) is 12.5 Å². The van der Waals surface area contributed by atoms with Crippen LogP contribution >= 0.6 is 0 Å². The topological polar surface area (TPSA) is 9.23 Å². The van der Waals surface area contributed by atoms with E-state index in [0.717, 1.165) is 0 Å². The number of rotatable bonds is 2. The van der Waals surface area contributed by atoms with Crippen molar-refractivity contribution >= 4 is 0 Å². The lowest BCUT2D eigenvalue weighted by molar-refractivity contribution is 0.401. The predicted molar refractivity (Wildman–Crippen MR) is 42.1 cm³/mol. The third kappa shape index (κ3) is 18.9. The minimum Gasteiger partial charge on any atom is -0.473 e. The zero-order chi connectivity index (χ0) is 7.54. The molecule has 1 heteroatoms. The molecular formula is C8H16O. The van der Waals surface area contributed by atoms with Crippen LogP contribution in [0, 0.1) is 0 Å². The van der Waals surface area contributed by atoms with Crippen molar-refractivity contribution in [3.05, 3.63) is 24.7 Å². The summed E-state index contributed by atoms with van der Waals surface area (Å²) in [4.78, 5) is 0. The molecule has 0 aromatic carbocycles. The van der Waals surface area contributed by atoms with E-state index >= 15 is 0 Å². The Balaban J connectivity index is 0. The molecule has 0 aliphatic heterocycles. The summed E-state index contributed by atoms with van der Waals surface area (Å²) in [5, 5.41) is 0. The van der Waals surface area contributed by atoms with Crippen LogP contribution in [0.3, 0.4) is 0 Å². The molecule has 0 heterocycles. The van der Waals surface area contributed by atoms with Gasteiger partial charge in [-0.15, -0.1) is 0 Å². The highest BCUT2D eigenvalue weighted by molar-refractivity contribution is 4.73. The second kappa shape index (κ2) is 15.7. The quantitative estimate of drug-likeness (QED) is 0.519. The minimum absolute atomic E-state index is 1.62. The fourth-order valence-electron chi connectivity index (χ4n) is 0.202. The largest absolute Gasteiger partial charge is 0.473 e. The maximum Gasteiger partial charge on any atom is 0.0858 e. The van der Waals surface area contributed by atoms with Crippen LogP contribution in [0.15, 0.2) is 24.7 Å². The maximum atomic E-state index is 4.77. The van der Waals surface area contributed by atoms with Gasteiger partial charge in [-0.2, -0.15) is 0 Å². The smallest absolute Gasteiger partial charge is 0.0858 e. The predicted octanol–water partition coefficient (Wildman–Crippen LogP) is 3.10. The van der Waals surface area contributed by atoms with Crippen molar-refractivity contribution in [2.75, 3.05) is 0 Å². The van der Waals surface area contributed by atoms with E-state index in [1.807, 2.05) is 39.8 Å². The third-order valence-corrected chi connectivity index (χ3v) is 0.429. The molecule has 0 saturated heterocycles. The van der Waals surface area contributed by atoms with E-state index in [0.29, 0.717) is 0 Å². The van der Waals surface area contributed by atoms with Crippen molar-refractivity contribution in [1.29, 1.82) is 0 Å². The molecule has 54 valence electrons. The summed E-state index contributed by atoms with van der Waals surface area (Å²) in [6.45, 7) is 7.81. The molecule has 0 spiro atoms. The van der Waals surface area contributed by atoms with Gasteiger partial charge >= 0.3 is 0 Å². The van der Waals surface area contributed by atoms with Gasteiger partial charge in [0.1, 0.15) is 0 Å². The molecular weight excluding hydrogens is 112 g/mol. The van der Waals surface area contributed by atoms with Crippen LogP contribution in [-0.4, -0.2) is 0 Å². The summed E-state index contributed by atoms with van der Waals surface area (Å²) in [6, 6.07) is 0. The summed E-state index contributed by atoms with van der Waals surface area (Å²) in [5.74, 6) is 0. The normalized spacial score (nSPS) is 9.33. The van der Waals surface area contributed by atoms with Crippen LogP contribution in [0.1, 0.15) is 27.7 Å².